The molecule has 0 aliphatic carbocycles. The summed E-state index contributed by atoms with van der Waals surface area (Å²) in [7, 11) is 0. The van der Waals surface area contributed by atoms with Gasteiger partial charge in [0.15, 0.2) is 0 Å². The first kappa shape index (κ1) is 17.2. The number of carboxylic acids is 1. The van der Waals surface area contributed by atoms with Crippen molar-refractivity contribution in [2.75, 3.05) is 13.1 Å². The number of nitrogens with zero attached hydrogens (tertiary/aromatic N) is 3. The number of rotatable bonds is 4. The van der Waals surface area contributed by atoms with Crippen LogP contribution in [0.5, 0.6) is 0 Å². The van der Waals surface area contributed by atoms with E-state index in [1.165, 1.54) is 0 Å². The summed E-state index contributed by atoms with van der Waals surface area (Å²) in [5, 5.41) is 13.4. The van der Waals surface area contributed by atoms with Crippen molar-refractivity contribution in [1.29, 1.82) is 0 Å². The number of hydrogen-bond acceptors (Lipinski definition) is 3. The summed E-state index contributed by atoms with van der Waals surface area (Å²) >= 11 is 0. The topological polar surface area (TPSA) is 75.4 Å². The molecular formula is C19H23N3O3. The van der Waals surface area contributed by atoms with E-state index in [0.29, 0.717) is 18.8 Å². The zero-order valence-electron chi connectivity index (χ0n) is 14.6. The third-order valence-corrected chi connectivity index (χ3v) is 4.76. The Morgan fingerprint density at radius 1 is 1.28 bits per heavy atom. The molecule has 1 amide bonds. The molecule has 1 saturated heterocycles. The van der Waals surface area contributed by atoms with Crippen LogP contribution < -0.4 is 0 Å². The first-order valence-corrected chi connectivity index (χ1v) is 8.66. The molecule has 132 valence electrons. The number of benzene rings is 1. The zero-order valence-corrected chi connectivity index (χ0v) is 14.6. The summed E-state index contributed by atoms with van der Waals surface area (Å²) in [6.07, 6.45) is 1.94. The second-order valence-corrected chi connectivity index (χ2v) is 6.50. The molecule has 25 heavy (non-hydrogen) atoms. The Balaban J connectivity index is 1.76. The van der Waals surface area contributed by atoms with Gasteiger partial charge in [-0.3, -0.25) is 9.48 Å². The molecular weight excluding hydrogens is 318 g/mol. The molecule has 0 saturated carbocycles. The van der Waals surface area contributed by atoms with E-state index in [9.17, 15) is 9.59 Å². The molecule has 1 N–H and O–H groups in total. The number of carboxylic acid groups (broad SMARTS) is 1. The van der Waals surface area contributed by atoms with Crippen LogP contribution in [0.25, 0.3) is 0 Å². The molecule has 0 radical (unpaired) electrons. The van der Waals surface area contributed by atoms with Crippen molar-refractivity contribution < 1.29 is 14.7 Å². The highest BCUT2D eigenvalue weighted by Crippen LogP contribution is 2.28. The van der Waals surface area contributed by atoms with Gasteiger partial charge in [0.25, 0.3) is 5.91 Å². The fourth-order valence-corrected chi connectivity index (χ4v) is 3.45. The highest BCUT2D eigenvalue weighted by Gasteiger charge is 2.27. The summed E-state index contributed by atoms with van der Waals surface area (Å²) in [5.41, 5.74) is 2.86. The van der Waals surface area contributed by atoms with E-state index in [1.807, 2.05) is 36.9 Å². The smallest absolute Gasteiger partial charge is 0.335 e. The summed E-state index contributed by atoms with van der Waals surface area (Å²) in [6.45, 7) is 5.94. The van der Waals surface area contributed by atoms with E-state index in [-0.39, 0.29) is 17.4 Å². The predicted molar refractivity (Wildman–Crippen MR) is 93.9 cm³/mol. The Kier molecular flexibility index (Phi) is 4.88. The first-order chi connectivity index (χ1) is 12.0. The summed E-state index contributed by atoms with van der Waals surface area (Å²) in [4.78, 5) is 25.8. The lowest BCUT2D eigenvalue weighted by Gasteiger charge is -2.33. The second-order valence-electron chi connectivity index (χ2n) is 6.50. The van der Waals surface area contributed by atoms with Gasteiger partial charge in [0, 0.05) is 25.6 Å². The minimum atomic E-state index is -0.921. The molecule has 1 aromatic heterocycles. The lowest BCUT2D eigenvalue weighted by atomic mass is 9.90. The summed E-state index contributed by atoms with van der Waals surface area (Å²) in [5.74, 6) is -0.663. The number of amides is 1. The predicted octanol–water partition coefficient (Wildman–Crippen LogP) is 2.93. The Hall–Kier alpha value is -2.63. The molecule has 0 bridgehead atoms. The largest absolute Gasteiger partial charge is 0.478 e. The van der Waals surface area contributed by atoms with Crippen molar-refractivity contribution in [3.05, 3.63) is 52.8 Å². The average Bonchev–Trinajstić information content (AvgIpc) is 3.02. The van der Waals surface area contributed by atoms with E-state index >= 15 is 0 Å². The Morgan fingerprint density at radius 3 is 2.64 bits per heavy atom. The molecule has 1 aliphatic heterocycles. The normalized spacial score (nSPS) is 17.5. The van der Waals surface area contributed by atoms with Crippen LogP contribution in [0.15, 0.2) is 30.3 Å². The van der Waals surface area contributed by atoms with Crippen molar-refractivity contribution in [2.45, 2.75) is 39.2 Å². The standard InChI is InChI=1S/C19H23N3O3/c1-3-22-17(11-13(2)20-22)18(23)21-10-4-5-16(12-21)14-6-8-15(9-7-14)19(24)25/h6-9,11,16H,3-5,10,12H2,1-2H3,(H,24,25). The Morgan fingerprint density at radius 2 is 2.00 bits per heavy atom. The molecule has 2 heterocycles. The molecule has 0 spiro atoms. The number of aryl methyl sites for hydroxylation is 2. The van der Waals surface area contributed by atoms with E-state index in [2.05, 4.69) is 5.10 Å². The molecule has 3 rings (SSSR count). The van der Waals surface area contributed by atoms with E-state index in [1.54, 1.807) is 16.8 Å². The summed E-state index contributed by atoms with van der Waals surface area (Å²) in [6, 6.07) is 8.84. The van der Waals surface area contributed by atoms with Crippen molar-refractivity contribution in [3.8, 4) is 0 Å². The maximum atomic E-state index is 12.9. The van der Waals surface area contributed by atoms with Gasteiger partial charge < -0.3 is 10.0 Å². The number of likely N-dealkylation sites (tertiary alicyclic amines) is 1. The zero-order chi connectivity index (χ0) is 18.0. The van der Waals surface area contributed by atoms with Gasteiger partial charge in [-0.25, -0.2) is 4.79 Å². The van der Waals surface area contributed by atoms with Gasteiger partial charge in [-0.2, -0.15) is 5.10 Å². The van der Waals surface area contributed by atoms with Crippen LogP contribution in [-0.4, -0.2) is 44.8 Å². The van der Waals surface area contributed by atoms with Crippen molar-refractivity contribution in [2.24, 2.45) is 0 Å². The highest BCUT2D eigenvalue weighted by molar-refractivity contribution is 5.93. The minimum Gasteiger partial charge on any atom is -0.478 e. The van der Waals surface area contributed by atoms with Crippen LogP contribution >= 0.6 is 0 Å². The second kappa shape index (κ2) is 7.09. The van der Waals surface area contributed by atoms with Gasteiger partial charge in [-0.05, 0) is 50.5 Å². The van der Waals surface area contributed by atoms with Crippen LogP contribution in [0.3, 0.4) is 0 Å². The van der Waals surface area contributed by atoms with Crippen LogP contribution in [0.4, 0.5) is 0 Å². The third kappa shape index (κ3) is 3.57. The van der Waals surface area contributed by atoms with Crippen LogP contribution in [-0.2, 0) is 6.54 Å². The van der Waals surface area contributed by atoms with Crippen molar-refractivity contribution in [1.82, 2.24) is 14.7 Å². The number of carbonyl (C=O) groups is 2. The molecule has 6 nitrogen and oxygen atoms in total. The Bertz CT molecular complexity index is 780. The van der Waals surface area contributed by atoms with E-state index in [0.717, 1.165) is 30.6 Å². The van der Waals surface area contributed by atoms with Crippen LogP contribution in [0.1, 0.15) is 57.8 Å². The first-order valence-electron chi connectivity index (χ1n) is 8.66. The monoisotopic (exact) mass is 341 g/mol. The number of aromatic nitrogens is 2. The fourth-order valence-electron chi connectivity index (χ4n) is 3.45. The molecule has 1 aromatic carbocycles. The number of carbonyl (C=O) groups excluding carboxylic acids is 1. The SMILES string of the molecule is CCn1nc(C)cc1C(=O)N1CCCC(c2ccc(C(=O)O)cc2)C1. The van der Waals surface area contributed by atoms with Gasteiger partial charge in [0.05, 0.1) is 11.3 Å². The molecule has 1 aliphatic rings. The number of aromatic carboxylic acids is 1. The van der Waals surface area contributed by atoms with Gasteiger partial charge in [0.1, 0.15) is 5.69 Å². The van der Waals surface area contributed by atoms with E-state index < -0.39 is 5.97 Å². The van der Waals surface area contributed by atoms with Crippen LogP contribution in [0, 0.1) is 6.92 Å². The van der Waals surface area contributed by atoms with Gasteiger partial charge >= 0.3 is 5.97 Å². The molecule has 1 fully saturated rings. The fraction of sp³-hybridized carbons (Fsp3) is 0.421. The maximum absolute atomic E-state index is 12.9. The third-order valence-electron chi connectivity index (χ3n) is 4.76. The number of hydrogen-bond donors (Lipinski definition) is 1. The van der Waals surface area contributed by atoms with Crippen molar-refractivity contribution >= 4 is 11.9 Å². The highest BCUT2D eigenvalue weighted by atomic mass is 16.4. The number of piperidine rings is 1. The van der Waals surface area contributed by atoms with Crippen LogP contribution in [0.2, 0.25) is 0 Å². The quantitative estimate of drug-likeness (QED) is 0.928. The summed E-state index contributed by atoms with van der Waals surface area (Å²) < 4.78 is 1.75. The minimum absolute atomic E-state index is 0.0225. The molecule has 6 heteroatoms. The van der Waals surface area contributed by atoms with Gasteiger partial charge in [0.2, 0.25) is 0 Å². The lowest BCUT2D eigenvalue weighted by Crippen LogP contribution is -2.40. The van der Waals surface area contributed by atoms with E-state index in [4.69, 9.17) is 5.11 Å². The maximum Gasteiger partial charge on any atom is 0.335 e. The van der Waals surface area contributed by atoms with Gasteiger partial charge in [-0.1, -0.05) is 12.1 Å². The Labute approximate surface area is 147 Å². The molecule has 1 atom stereocenters. The van der Waals surface area contributed by atoms with Gasteiger partial charge in [-0.15, -0.1) is 0 Å². The molecule has 1 unspecified atom stereocenters. The molecule has 2 aromatic rings. The average molecular weight is 341 g/mol. The van der Waals surface area contributed by atoms with Crippen molar-refractivity contribution in [3.63, 3.8) is 0 Å². The lowest BCUT2D eigenvalue weighted by molar-refractivity contribution is 0.0689.